The van der Waals surface area contributed by atoms with Gasteiger partial charge in [0.25, 0.3) is 6.43 Å². The molecule has 0 aromatic carbocycles. The van der Waals surface area contributed by atoms with E-state index >= 15 is 0 Å². The van der Waals surface area contributed by atoms with E-state index < -0.39 is 13.0 Å². The molecule has 14 heavy (non-hydrogen) atoms. The second-order valence-electron chi connectivity index (χ2n) is 2.57. The van der Waals surface area contributed by atoms with Gasteiger partial charge in [0.1, 0.15) is 18.4 Å². The minimum absolute atomic E-state index is 0.0710. The fraction of sp³-hybridized carbons (Fsp3) is 0.333. The molecule has 0 amide bonds. The molecule has 0 fully saturated rings. The number of aromatic nitrogens is 1. The van der Waals surface area contributed by atoms with Crippen LogP contribution < -0.4 is 0 Å². The van der Waals surface area contributed by atoms with Gasteiger partial charge in [0, 0.05) is 6.20 Å². The molecule has 1 heterocycles. The van der Waals surface area contributed by atoms with Crippen molar-refractivity contribution in [2.45, 2.75) is 13.0 Å². The molecule has 1 rings (SSSR count). The lowest BCUT2D eigenvalue weighted by Crippen LogP contribution is -2.04. The molecule has 0 unspecified atom stereocenters. The lowest BCUT2D eigenvalue weighted by Gasteiger charge is -2.02. The molecule has 5 heteroatoms. The fourth-order valence-electron chi connectivity index (χ4n) is 0.891. The Morgan fingerprint density at radius 1 is 1.57 bits per heavy atom. The standard InChI is InChI=1S/C9H8F2N2O/c10-9(11)6-14-5-7-1-2-13-8(3-7)4-12/h1-3,9H,5-6H2. The SMILES string of the molecule is N#Cc1cc(COCC(F)F)ccn1. The average molecular weight is 198 g/mol. The van der Waals surface area contributed by atoms with E-state index in [-0.39, 0.29) is 12.3 Å². The van der Waals surface area contributed by atoms with Crippen LogP contribution in [-0.4, -0.2) is 18.0 Å². The van der Waals surface area contributed by atoms with Crippen LogP contribution in [0, 0.1) is 11.3 Å². The van der Waals surface area contributed by atoms with E-state index in [1.807, 2.05) is 6.07 Å². The number of nitrogens with zero attached hydrogens (tertiary/aromatic N) is 2. The predicted molar refractivity (Wildman–Crippen MR) is 44.6 cm³/mol. The Morgan fingerprint density at radius 2 is 2.36 bits per heavy atom. The number of nitriles is 1. The third-order valence-electron chi connectivity index (χ3n) is 1.45. The van der Waals surface area contributed by atoms with E-state index in [1.165, 1.54) is 12.3 Å². The molecule has 0 aliphatic rings. The number of hydrogen-bond donors (Lipinski definition) is 0. The molecule has 0 atom stereocenters. The quantitative estimate of drug-likeness (QED) is 0.740. The molecule has 0 bridgehead atoms. The molecular formula is C9H8F2N2O. The third-order valence-corrected chi connectivity index (χ3v) is 1.45. The summed E-state index contributed by atoms with van der Waals surface area (Å²) in [7, 11) is 0. The highest BCUT2D eigenvalue weighted by Gasteiger charge is 2.02. The van der Waals surface area contributed by atoms with E-state index in [9.17, 15) is 8.78 Å². The van der Waals surface area contributed by atoms with Gasteiger partial charge in [0.15, 0.2) is 0 Å². The van der Waals surface area contributed by atoms with Crippen molar-refractivity contribution in [1.82, 2.24) is 4.98 Å². The highest BCUT2D eigenvalue weighted by atomic mass is 19.3. The molecule has 0 spiro atoms. The maximum atomic E-state index is 11.7. The molecule has 0 saturated heterocycles. The molecule has 74 valence electrons. The maximum absolute atomic E-state index is 11.7. The van der Waals surface area contributed by atoms with Crippen LogP contribution in [0.1, 0.15) is 11.3 Å². The van der Waals surface area contributed by atoms with Gasteiger partial charge in [-0.1, -0.05) is 0 Å². The number of hydrogen-bond acceptors (Lipinski definition) is 3. The maximum Gasteiger partial charge on any atom is 0.261 e. The average Bonchev–Trinajstić information content (AvgIpc) is 2.18. The lowest BCUT2D eigenvalue weighted by atomic mass is 10.2. The third kappa shape index (κ3) is 3.46. The van der Waals surface area contributed by atoms with Crippen LogP contribution in [0.2, 0.25) is 0 Å². The summed E-state index contributed by atoms with van der Waals surface area (Å²) in [5, 5.41) is 8.50. The van der Waals surface area contributed by atoms with Gasteiger partial charge >= 0.3 is 0 Å². The summed E-state index contributed by atoms with van der Waals surface area (Å²) in [5.74, 6) is 0. The predicted octanol–water partition coefficient (Wildman–Crippen LogP) is 1.73. The van der Waals surface area contributed by atoms with Crippen molar-refractivity contribution in [3.05, 3.63) is 29.6 Å². The van der Waals surface area contributed by atoms with Crippen LogP contribution >= 0.6 is 0 Å². The van der Waals surface area contributed by atoms with Crippen molar-refractivity contribution >= 4 is 0 Å². The Hall–Kier alpha value is -1.54. The molecule has 1 aromatic rings. The summed E-state index contributed by atoms with van der Waals surface area (Å²) < 4.78 is 28.1. The normalized spacial score (nSPS) is 10.1. The Bertz CT molecular complexity index is 336. The van der Waals surface area contributed by atoms with Crippen LogP contribution in [0.3, 0.4) is 0 Å². The molecule has 3 nitrogen and oxygen atoms in total. The van der Waals surface area contributed by atoms with Gasteiger partial charge in [-0.05, 0) is 17.7 Å². The van der Waals surface area contributed by atoms with Gasteiger partial charge in [0.2, 0.25) is 0 Å². The summed E-state index contributed by atoms with van der Waals surface area (Å²) in [4.78, 5) is 3.74. The number of ether oxygens (including phenoxy) is 1. The van der Waals surface area contributed by atoms with E-state index in [0.29, 0.717) is 5.56 Å². The monoisotopic (exact) mass is 198 g/mol. The first-order chi connectivity index (χ1) is 6.72. The zero-order valence-electron chi connectivity index (χ0n) is 7.28. The lowest BCUT2D eigenvalue weighted by molar-refractivity contribution is 0.00986. The summed E-state index contributed by atoms with van der Waals surface area (Å²) >= 11 is 0. The van der Waals surface area contributed by atoms with Crippen LogP contribution in [0.25, 0.3) is 0 Å². The summed E-state index contributed by atoms with van der Waals surface area (Å²) in [6.07, 6.45) is -1.02. The number of rotatable bonds is 4. The molecule has 0 saturated carbocycles. The first kappa shape index (κ1) is 10.5. The topological polar surface area (TPSA) is 45.9 Å². The van der Waals surface area contributed by atoms with Gasteiger partial charge < -0.3 is 4.74 Å². The number of halogens is 2. The van der Waals surface area contributed by atoms with Crippen LogP contribution in [0.4, 0.5) is 8.78 Å². The van der Waals surface area contributed by atoms with Crippen molar-refractivity contribution in [3.8, 4) is 6.07 Å². The zero-order chi connectivity index (χ0) is 10.4. The number of alkyl halides is 2. The van der Waals surface area contributed by atoms with Gasteiger partial charge in [-0.2, -0.15) is 5.26 Å². The minimum Gasteiger partial charge on any atom is -0.371 e. The molecular weight excluding hydrogens is 190 g/mol. The van der Waals surface area contributed by atoms with Gasteiger partial charge in [-0.15, -0.1) is 0 Å². The van der Waals surface area contributed by atoms with E-state index in [0.717, 1.165) is 0 Å². The fourth-order valence-corrected chi connectivity index (χ4v) is 0.891. The van der Waals surface area contributed by atoms with E-state index in [4.69, 9.17) is 10.00 Å². The Morgan fingerprint density at radius 3 is 3.00 bits per heavy atom. The molecule has 0 N–H and O–H groups in total. The van der Waals surface area contributed by atoms with Crippen molar-refractivity contribution in [2.75, 3.05) is 6.61 Å². The Kier molecular flexibility index (Phi) is 3.95. The van der Waals surface area contributed by atoms with Crippen molar-refractivity contribution in [1.29, 1.82) is 5.26 Å². The first-order valence-electron chi connectivity index (χ1n) is 3.93. The Labute approximate surface area is 79.9 Å². The first-order valence-corrected chi connectivity index (χ1v) is 3.93. The largest absolute Gasteiger partial charge is 0.371 e. The second kappa shape index (κ2) is 5.25. The highest BCUT2D eigenvalue weighted by molar-refractivity contribution is 5.24. The van der Waals surface area contributed by atoms with Gasteiger partial charge in [0.05, 0.1) is 6.61 Å². The summed E-state index contributed by atoms with van der Waals surface area (Å²) in [6, 6.07) is 4.97. The van der Waals surface area contributed by atoms with Gasteiger partial charge in [-0.3, -0.25) is 0 Å². The van der Waals surface area contributed by atoms with E-state index in [2.05, 4.69) is 4.98 Å². The number of pyridine rings is 1. The van der Waals surface area contributed by atoms with Gasteiger partial charge in [-0.25, -0.2) is 13.8 Å². The van der Waals surface area contributed by atoms with Crippen LogP contribution in [0.15, 0.2) is 18.3 Å². The zero-order valence-corrected chi connectivity index (χ0v) is 7.28. The molecule has 0 radical (unpaired) electrons. The second-order valence-corrected chi connectivity index (χ2v) is 2.57. The summed E-state index contributed by atoms with van der Waals surface area (Å²) in [5.41, 5.74) is 0.917. The minimum atomic E-state index is -2.47. The van der Waals surface area contributed by atoms with E-state index in [1.54, 1.807) is 6.07 Å². The molecule has 0 aliphatic carbocycles. The van der Waals surface area contributed by atoms with Crippen LogP contribution in [-0.2, 0) is 11.3 Å². The highest BCUT2D eigenvalue weighted by Crippen LogP contribution is 2.04. The molecule has 0 aliphatic heterocycles. The molecule has 1 aromatic heterocycles. The van der Waals surface area contributed by atoms with Crippen LogP contribution in [0.5, 0.6) is 0 Å². The van der Waals surface area contributed by atoms with Crippen molar-refractivity contribution in [2.24, 2.45) is 0 Å². The van der Waals surface area contributed by atoms with Crippen molar-refractivity contribution < 1.29 is 13.5 Å². The van der Waals surface area contributed by atoms with Crippen molar-refractivity contribution in [3.63, 3.8) is 0 Å². The Balaban J connectivity index is 2.47. The smallest absolute Gasteiger partial charge is 0.261 e. The summed E-state index contributed by atoms with van der Waals surface area (Å²) in [6.45, 7) is -0.522.